The Bertz CT molecular complexity index is 1030. The lowest BCUT2D eigenvalue weighted by Gasteiger charge is -2.31. The van der Waals surface area contributed by atoms with Gasteiger partial charge in [-0.05, 0) is 117 Å². The predicted molar refractivity (Wildman–Crippen MR) is 166 cm³/mol. The molecule has 2 aromatic carbocycles. The van der Waals surface area contributed by atoms with E-state index in [2.05, 4.69) is 62.9 Å². The number of aryl methyl sites for hydroxylation is 2. The first-order valence-corrected chi connectivity index (χ1v) is 15.7. The van der Waals surface area contributed by atoms with Gasteiger partial charge >= 0.3 is 5.97 Å². The summed E-state index contributed by atoms with van der Waals surface area (Å²) in [5, 5.41) is 8.99. The van der Waals surface area contributed by atoms with Crippen molar-refractivity contribution < 1.29 is 19.4 Å². The lowest BCUT2D eigenvalue weighted by atomic mass is 9.74. The summed E-state index contributed by atoms with van der Waals surface area (Å²) in [7, 11) is 0. The number of aliphatic hydroxyl groups is 1. The fraction of sp³-hybridized carbons (Fsp3) is 0.583. The quantitative estimate of drug-likeness (QED) is 0.122. The monoisotopic (exact) mass is 548 g/mol. The van der Waals surface area contributed by atoms with Crippen LogP contribution in [-0.4, -0.2) is 37.5 Å². The van der Waals surface area contributed by atoms with Gasteiger partial charge in [-0.15, -0.1) is 0 Å². The van der Waals surface area contributed by atoms with Crippen LogP contribution in [0.3, 0.4) is 0 Å². The van der Waals surface area contributed by atoms with Gasteiger partial charge in [0, 0.05) is 25.4 Å². The Morgan fingerprint density at radius 2 is 1.73 bits per heavy atom. The number of esters is 1. The van der Waals surface area contributed by atoms with E-state index in [-0.39, 0.29) is 12.6 Å². The minimum absolute atomic E-state index is 0.165. The van der Waals surface area contributed by atoms with E-state index in [1.54, 1.807) is 6.92 Å². The van der Waals surface area contributed by atoms with Crippen LogP contribution in [0.4, 0.5) is 0 Å². The second kappa shape index (κ2) is 17.4. The van der Waals surface area contributed by atoms with Crippen LogP contribution in [0, 0.1) is 11.8 Å². The molecule has 0 heterocycles. The Morgan fingerprint density at radius 1 is 1.00 bits per heavy atom. The molecule has 0 aliphatic heterocycles. The van der Waals surface area contributed by atoms with E-state index in [1.807, 2.05) is 0 Å². The van der Waals surface area contributed by atoms with Crippen molar-refractivity contribution >= 4 is 5.97 Å². The molecule has 0 aromatic heterocycles. The number of benzene rings is 2. The SMILES string of the molecule is C=C(C)C(=O)OCCC(CCOCCCO)CC1CCC(c2ccc(-c3ccc(CCC)cc3)c(CC)c2)CC1. The summed E-state index contributed by atoms with van der Waals surface area (Å²) < 4.78 is 11.1. The van der Waals surface area contributed by atoms with E-state index in [0.717, 1.165) is 32.1 Å². The van der Waals surface area contributed by atoms with Crippen LogP contribution >= 0.6 is 0 Å². The molecule has 1 saturated carbocycles. The predicted octanol–water partition coefficient (Wildman–Crippen LogP) is 8.45. The van der Waals surface area contributed by atoms with Crippen molar-refractivity contribution in [2.24, 2.45) is 11.8 Å². The van der Waals surface area contributed by atoms with Crippen molar-refractivity contribution in [3.63, 3.8) is 0 Å². The Hall–Kier alpha value is -2.43. The number of aliphatic hydroxyl groups excluding tert-OH is 1. The maximum Gasteiger partial charge on any atom is 0.333 e. The van der Waals surface area contributed by atoms with E-state index < -0.39 is 0 Å². The molecular weight excluding hydrogens is 496 g/mol. The van der Waals surface area contributed by atoms with E-state index in [9.17, 15) is 4.79 Å². The largest absolute Gasteiger partial charge is 0.462 e. The Kier molecular flexibility index (Phi) is 14.0. The first kappa shape index (κ1) is 32.1. The molecule has 3 rings (SSSR count). The molecule has 1 fully saturated rings. The van der Waals surface area contributed by atoms with E-state index in [1.165, 1.54) is 59.9 Å². The zero-order chi connectivity index (χ0) is 28.7. The highest BCUT2D eigenvalue weighted by molar-refractivity contribution is 5.86. The normalized spacial score (nSPS) is 17.9. The fourth-order valence-corrected chi connectivity index (χ4v) is 6.12. The molecule has 4 heteroatoms. The minimum atomic E-state index is -0.301. The number of hydrogen-bond acceptors (Lipinski definition) is 4. The Morgan fingerprint density at radius 3 is 2.38 bits per heavy atom. The van der Waals surface area contributed by atoms with Gasteiger partial charge in [-0.1, -0.05) is 69.3 Å². The van der Waals surface area contributed by atoms with E-state index >= 15 is 0 Å². The van der Waals surface area contributed by atoms with Crippen LogP contribution in [0.2, 0.25) is 0 Å². The van der Waals surface area contributed by atoms with Gasteiger partial charge in [-0.3, -0.25) is 0 Å². The van der Waals surface area contributed by atoms with Crippen molar-refractivity contribution in [2.75, 3.05) is 26.4 Å². The molecule has 1 N–H and O–H groups in total. The summed E-state index contributed by atoms with van der Waals surface area (Å²) in [5.41, 5.74) is 7.52. The lowest BCUT2D eigenvalue weighted by molar-refractivity contribution is -0.139. The number of rotatable bonds is 17. The van der Waals surface area contributed by atoms with Crippen molar-refractivity contribution in [3.8, 4) is 11.1 Å². The molecule has 40 heavy (non-hydrogen) atoms. The van der Waals surface area contributed by atoms with E-state index in [4.69, 9.17) is 14.6 Å². The third-order valence-corrected chi connectivity index (χ3v) is 8.52. The Balaban J connectivity index is 1.55. The molecular formula is C36H52O4. The highest BCUT2D eigenvalue weighted by Gasteiger charge is 2.25. The molecule has 0 radical (unpaired) electrons. The maximum absolute atomic E-state index is 11.8. The summed E-state index contributed by atoms with van der Waals surface area (Å²) in [6.07, 6.45) is 12.0. The molecule has 1 unspecified atom stereocenters. The topological polar surface area (TPSA) is 55.8 Å². The van der Waals surface area contributed by atoms with Gasteiger partial charge in [-0.2, -0.15) is 0 Å². The zero-order valence-electron chi connectivity index (χ0n) is 25.3. The third kappa shape index (κ3) is 10.2. The third-order valence-electron chi connectivity index (χ3n) is 8.52. The lowest BCUT2D eigenvalue weighted by Crippen LogP contribution is -2.19. The molecule has 0 saturated heterocycles. The van der Waals surface area contributed by atoms with Gasteiger partial charge < -0.3 is 14.6 Å². The van der Waals surface area contributed by atoms with Crippen molar-refractivity contribution in [1.82, 2.24) is 0 Å². The number of carbonyl (C=O) groups excluding carboxylic acids is 1. The summed E-state index contributed by atoms with van der Waals surface area (Å²) in [4.78, 5) is 11.8. The Labute approximate surface area is 243 Å². The maximum atomic E-state index is 11.8. The molecule has 220 valence electrons. The molecule has 1 atom stereocenters. The van der Waals surface area contributed by atoms with Crippen LogP contribution in [0.1, 0.15) is 101 Å². The van der Waals surface area contributed by atoms with Crippen molar-refractivity contribution in [3.05, 3.63) is 71.3 Å². The zero-order valence-corrected chi connectivity index (χ0v) is 25.3. The van der Waals surface area contributed by atoms with Gasteiger partial charge in [-0.25, -0.2) is 4.79 Å². The summed E-state index contributed by atoms with van der Waals surface area (Å²) in [6.45, 7) is 11.8. The first-order valence-electron chi connectivity index (χ1n) is 15.7. The van der Waals surface area contributed by atoms with Gasteiger partial charge in [0.05, 0.1) is 6.61 Å². The van der Waals surface area contributed by atoms with Crippen LogP contribution in [0.5, 0.6) is 0 Å². The summed E-state index contributed by atoms with van der Waals surface area (Å²) in [6, 6.07) is 16.4. The number of ether oxygens (including phenoxy) is 2. The molecule has 1 aliphatic rings. The fourth-order valence-electron chi connectivity index (χ4n) is 6.12. The second-order valence-corrected chi connectivity index (χ2v) is 11.7. The highest BCUT2D eigenvalue weighted by atomic mass is 16.5. The average Bonchev–Trinajstić information content (AvgIpc) is 2.97. The van der Waals surface area contributed by atoms with Crippen LogP contribution in [-0.2, 0) is 27.1 Å². The molecule has 4 nitrogen and oxygen atoms in total. The molecule has 0 spiro atoms. The summed E-state index contributed by atoms with van der Waals surface area (Å²) in [5.74, 6) is 1.52. The molecule has 0 amide bonds. The average molecular weight is 549 g/mol. The van der Waals surface area contributed by atoms with Crippen molar-refractivity contribution in [1.29, 1.82) is 0 Å². The molecule has 1 aliphatic carbocycles. The first-order chi connectivity index (χ1) is 19.4. The smallest absolute Gasteiger partial charge is 0.333 e. The van der Waals surface area contributed by atoms with Gasteiger partial charge in [0.15, 0.2) is 0 Å². The second-order valence-electron chi connectivity index (χ2n) is 11.7. The number of carbonyl (C=O) groups is 1. The van der Waals surface area contributed by atoms with Gasteiger partial charge in [0.1, 0.15) is 0 Å². The van der Waals surface area contributed by atoms with Crippen molar-refractivity contribution in [2.45, 2.75) is 97.3 Å². The van der Waals surface area contributed by atoms with Crippen LogP contribution in [0.15, 0.2) is 54.6 Å². The van der Waals surface area contributed by atoms with Gasteiger partial charge in [0.25, 0.3) is 0 Å². The molecule has 0 bridgehead atoms. The summed E-state index contributed by atoms with van der Waals surface area (Å²) >= 11 is 0. The minimum Gasteiger partial charge on any atom is -0.462 e. The van der Waals surface area contributed by atoms with Gasteiger partial charge in [0.2, 0.25) is 0 Å². The molecule has 2 aromatic rings. The van der Waals surface area contributed by atoms with E-state index in [0.29, 0.717) is 49.6 Å². The highest BCUT2D eigenvalue weighted by Crippen LogP contribution is 2.40. The van der Waals surface area contributed by atoms with Crippen LogP contribution in [0.25, 0.3) is 11.1 Å². The standard InChI is InChI=1S/C36H52O4/c1-5-8-28-9-15-33(16-10-28)35-18-17-34(26-31(35)6-2)32-13-11-29(12-14-32)25-30(19-23-39-22-7-21-37)20-24-40-36(38)27(3)4/h9-10,15-18,26,29-30,32,37H,3,5-8,11-14,19-25H2,1-2,4H3. The number of hydrogen-bond donors (Lipinski definition) is 1. The van der Waals surface area contributed by atoms with Crippen LogP contribution < -0.4 is 0 Å².